The third-order valence-corrected chi connectivity index (χ3v) is 4.89. The Bertz CT molecular complexity index is 984. The summed E-state index contributed by atoms with van der Waals surface area (Å²) in [6.45, 7) is 3.88. The molecule has 1 N–H and O–H groups in total. The standard InChI is InChI=1S/C17H17FN4O3S/c1-3-13(16(24)25-4-2)26-17-20-14-12(15(23)21-17)9-19-22(14)11-7-5-10(18)6-8-11/h5-9,13H,3-4H2,1-2H3,(H,20,21,23)/t13-/m1/s1. The highest BCUT2D eigenvalue weighted by Crippen LogP contribution is 2.24. The fourth-order valence-electron chi connectivity index (χ4n) is 2.39. The van der Waals surface area contributed by atoms with Crippen molar-refractivity contribution in [2.75, 3.05) is 6.61 Å². The number of hydrogen-bond donors (Lipinski definition) is 1. The van der Waals surface area contributed by atoms with E-state index < -0.39 is 5.25 Å². The molecule has 3 rings (SSSR count). The van der Waals surface area contributed by atoms with Crippen LogP contribution in [0.4, 0.5) is 4.39 Å². The van der Waals surface area contributed by atoms with Crippen LogP contribution in [0.2, 0.25) is 0 Å². The molecule has 0 radical (unpaired) electrons. The van der Waals surface area contributed by atoms with Crippen molar-refractivity contribution in [2.45, 2.75) is 30.7 Å². The zero-order chi connectivity index (χ0) is 18.7. The van der Waals surface area contributed by atoms with E-state index in [9.17, 15) is 14.0 Å². The molecule has 0 spiro atoms. The zero-order valence-electron chi connectivity index (χ0n) is 14.2. The lowest BCUT2D eigenvalue weighted by Crippen LogP contribution is -2.20. The first-order valence-electron chi connectivity index (χ1n) is 8.10. The van der Waals surface area contributed by atoms with Gasteiger partial charge in [-0.2, -0.15) is 5.10 Å². The molecule has 136 valence electrons. The number of rotatable bonds is 6. The largest absolute Gasteiger partial charge is 0.465 e. The highest BCUT2D eigenvalue weighted by molar-refractivity contribution is 8.00. The SMILES string of the molecule is CCOC(=O)[C@@H](CC)Sc1nc2c(cnn2-c2ccc(F)cc2)c(=O)[nH]1. The summed E-state index contributed by atoms with van der Waals surface area (Å²) in [6, 6.07) is 5.70. The van der Waals surface area contributed by atoms with Gasteiger partial charge in [-0.05, 0) is 37.6 Å². The predicted molar refractivity (Wildman–Crippen MR) is 96.0 cm³/mol. The minimum absolute atomic E-state index is 0.288. The molecule has 9 heteroatoms. The van der Waals surface area contributed by atoms with E-state index in [0.717, 1.165) is 11.8 Å². The van der Waals surface area contributed by atoms with Crippen LogP contribution in [0.15, 0.2) is 40.4 Å². The van der Waals surface area contributed by atoms with Crippen LogP contribution in [0.1, 0.15) is 20.3 Å². The first-order chi connectivity index (χ1) is 12.5. The number of esters is 1. The van der Waals surface area contributed by atoms with Crippen LogP contribution in [0, 0.1) is 5.82 Å². The Kier molecular flexibility index (Phi) is 5.36. The van der Waals surface area contributed by atoms with Gasteiger partial charge in [0.25, 0.3) is 5.56 Å². The minimum atomic E-state index is -0.474. The second kappa shape index (κ2) is 7.69. The molecule has 0 aliphatic heterocycles. The first-order valence-corrected chi connectivity index (χ1v) is 8.98. The molecule has 0 fully saturated rings. The van der Waals surface area contributed by atoms with Crippen LogP contribution in [0.5, 0.6) is 0 Å². The molecule has 0 bridgehead atoms. The van der Waals surface area contributed by atoms with E-state index in [4.69, 9.17) is 4.74 Å². The van der Waals surface area contributed by atoms with Crippen molar-refractivity contribution >= 4 is 28.8 Å². The van der Waals surface area contributed by atoms with Gasteiger partial charge in [-0.3, -0.25) is 9.59 Å². The number of aromatic amines is 1. The van der Waals surface area contributed by atoms with E-state index in [-0.39, 0.29) is 24.0 Å². The summed E-state index contributed by atoms with van der Waals surface area (Å²) in [5, 5.41) is 4.30. The molecule has 26 heavy (non-hydrogen) atoms. The summed E-state index contributed by atoms with van der Waals surface area (Å²) in [4.78, 5) is 31.4. The number of H-pyrrole nitrogens is 1. The normalized spacial score (nSPS) is 12.3. The van der Waals surface area contributed by atoms with E-state index in [2.05, 4.69) is 15.1 Å². The second-order valence-corrected chi connectivity index (χ2v) is 6.60. The molecule has 1 atom stereocenters. The van der Waals surface area contributed by atoms with Gasteiger partial charge in [0.15, 0.2) is 10.8 Å². The van der Waals surface area contributed by atoms with Gasteiger partial charge >= 0.3 is 5.97 Å². The maximum Gasteiger partial charge on any atom is 0.319 e. The third kappa shape index (κ3) is 3.62. The second-order valence-electron chi connectivity index (χ2n) is 5.41. The van der Waals surface area contributed by atoms with Crippen LogP contribution in [-0.4, -0.2) is 37.6 Å². The van der Waals surface area contributed by atoms with E-state index in [1.165, 1.54) is 23.0 Å². The van der Waals surface area contributed by atoms with Crippen LogP contribution in [0.3, 0.4) is 0 Å². The van der Waals surface area contributed by atoms with Gasteiger partial charge in [-0.15, -0.1) is 0 Å². The minimum Gasteiger partial charge on any atom is -0.465 e. The summed E-state index contributed by atoms with van der Waals surface area (Å²) < 4.78 is 19.6. The number of fused-ring (bicyclic) bond motifs is 1. The molecule has 0 saturated heterocycles. The number of aromatic nitrogens is 4. The van der Waals surface area contributed by atoms with Gasteiger partial charge < -0.3 is 9.72 Å². The van der Waals surface area contributed by atoms with Crippen LogP contribution < -0.4 is 5.56 Å². The van der Waals surface area contributed by atoms with Gasteiger partial charge in [-0.25, -0.2) is 14.1 Å². The van der Waals surface area contributed by atoms with Gasteiger partial charge in [-0.1, -0.05) is 18.7 Å². The fourth-order valence-corrected chi connectivity index (χ4v) is 3.28. The Hall–Kier alpha value is -2.68. The van der Waals surface area contributed by atoms with Gasteiger partial charge in [0.1, 0.15) is 16.5 Å². The van der Waals surface area contributed by atoms with Crippen molar-refractivity contribution in [3.63, 3.8) is 0 Å². The van der Waals surface area contributed by atoms with Crippen molar-refractivity contribution in [3.05, 3.63) is 46.6 Å². The Morgan fingerprint density at radius 3 is 2.73 bits per heavy atom. The van der Waals surface area contributed by atoms with E-state index in [1.807, 2.05) is 6.92 Å². The Balaban J connectivity index is 2.00. The molecule has 3 aromatic rings. The molecule has 0 saturated carbocycles. The highest BCUT2D eigenvalue weighted by atomic mass is 32.2. The molecule has 2 aromatic heterocycles. The number of benzene rings is 1. The van der Waals surface area contributed by atoms with Crippen molar-refractivity contribution in [1.29, 1.82) is 0 Å². The molecule has 1 aromatic carbocycles. The summed E-state index contributed by atoms with van der Waals surface area (Å²) >= 11 is 1.13. The Labute approximate surface area is 152 Å². The molecule has 7 nitrogen and oxygen atoms in total. The van der Waals surface area contributed by atoms with Gasteiger partial charge in [0.2, 0.25) is 0 Å². The number of nitrogens with one attached hydrogen (secondary N) is 1. The maximum atomic E-state index is 13.1. The number of ether oxygens (including phenoxy) is 1. The monoisotopic (exact) mass is 376 g/mol. The average molecular weight is 376 g/mol. The quantitative estimate of drug-likeness (QED) is 0.404. The third-order valence-electron chi connectivity index (χ3n) is 3.66. The number of hydrogen-bond acceptors (Lipinski definition) is 6. The first kappa shape index (κ1) is 18.1. The van der Waals surface area contributed by atoms with E-state index >= 15 is 0 Å². The smallest absolute Gasteiger partial charge is 0.319 e. The van der Waals surface area contributed by atoms with E-state index in [0.29, 0.717) is 28.3 Å². The lowest BCUT2D eigenvalue weighted by Gasteiger charge is -2.12. The lowest BCUT2D eigenvalue weighted by molar-refractivity contribution is -0.142. The molecule has 0 unspecified atom stereocenters. The van der Waals surface area contributed by atoms with Gasteiger partial charge in [0.05, 0.1) is 18.5 Å². The van der Waals surface area contributed by atoms with Crippen LogP contribution >= 0.6 is 11.8 Å². The van der Waals surface area contributed by atoms with Crippen LogP contribution in [0.25, 0.3) is 16.7 Å². The zero-order valence-corrected chi connectivity index (χ0v) is 15.0. The van der Waals surface area contributed by atoms with E-state index in [1.54, 1.807) is 19.1 Å². The molecule has 2 heterocycles. The Morgan fingerprint density at radius 1 is 1.35 bits per heavy atom. The van der Waals surface area contributed by atoms with Gasteiger partial charge in [0, 0.05) is 0 Å². The lowest BCUT2D eigenvalue weighted by atomic mass is 10.3. The highest BCUT2D eigenvalue weighted by Gasteiger charge is 2.21. The maximum absolute atomic E-state index is 13.1. The summed E-state index contributed by atoms with van der Waals surface area (Å²) in [6.07, 6.45) is 1.93. The van der Waals surface area contributed by atoms with Crippen molar-refractivity contribution in [1.82, 2.24) is 19.7 Å². The molecular formula is C17H17FN4O3S. The molecule has 0 aliphatic rings. The van der Waals surface area contributed by atoms with Crippen molar-refractivity contribution in [2.24, 2.45) is 0 Å². The molecule has 0 aliphatic carbocycles. The molecule has 0 amide bonds. The number of carbonyl (C=O) groups excluding carboxylic acids is 1. The number of thioether (sulfide) groups is 1. The average Bonchev–Trinajstić information content (AvgIpc) is 3.05. The van der Waals surface area contributed by atoms with Crippen molar-refractivity contribution in [3.8, 4) is 5.69 Å². The summed E-state index contributed by atoms with van der Waals surface area (Å²) in [5.41, 5.74) is 0.555. The topological polar surface area (TPSA) is 89.9 Å². The fraction of sp³-hybridized carbons (Fsp3) is 0.294. The Morgan fingerprint density at radius 2 is 2.08 bits per heavy atom. The van der Waals surface area contributed by atoms with Crippen molar-refractivity contribution < 1.29 is 13.9 Å². The summed E-state index contributed by atoms with van der Waals surface area (Å²) in [5.74, 6) is -0.720. The predicted octanol–water partition coefficient (Wildman–Crippen LogP) is 2.68. The van der Waals surface area contributed by atoms with Crippen LogP contribution in [-0.2, 0) is 9.53 Å². The number of carbonyl (C=O) groups is 1. The molecular weight excluding hydrogens is 359 g/mol. The number of nitrogens with zero attached hydrogens (tertiary/aromatic N) is 3. The number of halogens is 1. The summed E-state index contributed by atoms with van der Waals surface area (Å²) in [7, 11) is 0.